The molecule has 0 spiro atoms. The summed E-state index contributed by atoms with van der Waals surface area (Å²) in [5, 5.41) is -0.589. The Kier molecular flexibility index (Phi) is 6.23. The quantitative estimate of drug-likeness (QED) is 0.634. The van der Waals surface area contributed by atoms with Gasteiger partial charge in [-0.05, 0) is 31.2 Å². The van der Waals surface area contributed by atoms with Crippen LogP contribution in [0.5, 0.6) is 0 Å². The molecular formula is C19H19ClF3N3O4S. The van der Waals surface area contributed by atoms with E-state index in [2.05, 4.69) is 0 Å². The second-order valence-electron chi connectivity index (χ2n) is 7.12. The Balaban J connectivity index is 1.76. The third kappa shape index (κ3) is 4.63. The number of benzene rings is 1. The van der Waals surface area contributed by atoms with Gasteiger partial charge in [0.25, 0.3) is 5.91 Å². The summed E-state index contributed by atoms with van der Waals surface area (Å²) in [5.41, 5.74) is -0.557. The number of piperazine rings is 1. The van der Waals surface area contributed by atoms with E-state index in [0.717, 1.165) is 16.4 Å². The van der Waals surface area contributed by atoms with Crippen LogP contribution in [0, 0.1) is 0 Å². The molecule has 0 aliphatic carbocycles. The van der Waals surface area contributed by atoms with Crippen LogP contribution in [0.4, 0.5) is 13.2 Å². The number of aryl methyl sites for hydroxylation is 1. The van der Waals surface area contributed by atoms with Crippen LogP contribution in [0.25, 0.3) is 0 Å². The fourth-order valence-corrected chi connectivity index (χ4v) is 4.97. The number of hydrogen-bond donors (Lipinski definition) is 0. The van der Waals surface area contributed by atoms with E-state index in [-0.39, 0.29) is 43.6 Å². The molecule has 2 heterocycles. The van der Waals surface area contributed by atoms with Gasteiger partial charge in [-0.1, -0.05) is 11.6 Å². The van der Waals surface area contributed by atoms with Crippen LogP contribution >= 0.6 is 11.6 Å². The van der Waals surface area contributed by atoms with Crippen molar-refractivity contribution in [2.45, 2.75) is 18.0 Å². The highest BCUT2D eigenvalue weighted by Gasteiger charge is 2.36. The minimum Gasteiger partial charge on any atom is -0.346 e. The fourth-order valence-electron chi connectivity index (χ4n) is 3.29. The van der Waals surface area contributed by atoms with Crippen molar-refractivity contribution >= 4 is 33.3 Å². The molecule has 1 saturated heterocycles. The smallest absolute Gasteiger partial charge is 0.346 e. The van der Waals surface area contributed by atoms with Gasteiger partial charge in [0.2, 0.25) is 10.0 Å². The molecule has 1 fully saturated rings. The molecule has 3 rings (SSSR count). The highest BCUT2D eigenvalue weighted by atomic mass is 35.5. The van der Waals surface area contributed by atoms with Crippen LogP contribution in [0.3, 0.4) is 0 Å². The Morgan fingerprint density at radius 3 is 2.19 bits per heavy atom. The van der Waals surface area contributed by atoms with Gasteiger partial charge in [-0.25, -0.2) is 8.42 Å². The van der Waals surface area contributed by atoms with Gasteiger partial charge in [-0.15, -0.1) is 0 Å². The first-order valence-electron chi connectivity index (χ1n) is 9.16. The van der Waals surface area contributed by atoms with Gasteiger partial charge >= 0.3 is 6.18 Å². The zero-order chi connectivity index (χ0) is 23.1. The van der Waals surface area contributed by atoms with Gasteiger partial charge in [0.15, 0.2) is 5.78 Å². The molecule has 1 aromatic heterocycles. The summed E-state index contributed by atoms with van der Waals surface area (Å²) in [6, 6.07) is 3.92. The molecule has 7 nitrogen and oxygen atoms in total. The van der Waals surface area contributed by atoms with Crippen molar-refractivity contribution in [3.63, 3.8) is 0 Å². The summed E-state index contributed by atoms with van der Waals surface area (Å²) in [4.78, 5) is 25.2. The van der Waals surface area contributed by atoms with E-state index in [1.54, 1.807) is 7.05 Å². The molecule has 0 radical (unpaired) electrons. The van der Waals surface area contributed by atoms with Crippen molar-refractivity contribution in [2.75, 3.05) is 26.2 Å². The van der Waals surface area contributed by atoms with Crippen molar-refractivity contribution in [1.29, 1.82) is 0 Å². The summed E-state index contributed by atoms with van der Waals surface area (Å²) >= 11 is 5.57. The lowest BCUT2D eigenvalue weighted by molar-refractivity contribution is -0.137. The van der Waals surface area contributed by atoms with Gasteiger partial charge in [0, 0.05) is 45.0 Å². The van der Waals surface area contributed by atoms with E-state index in [1.807, 2.05) is 0 Å². The molecule has 1 aliphatic rings. The van der Waals surface area contributed by atoms with Crippen molar-refractivity contribution < 1.29 is 31.2 Å². The van der Waals surface area contributed by atoms with Crippen LogP contribution in [0.2, 0.25) is 5.02 Å². The molecule has 0 atom stereocenters. The average Bonchev–Trinajstić information content (AvgIpc) is 3.09. The largest absolute Gasteiger partial charge is 0.417 e. The zero-order valence-electron chi connectivity index (χ0n) is 16.6. The number of amides is 1. The third-order valence-corrected chi connectivity index (χ3v) is 7.26. The van der Waals surface area contributed by atoms with Crippen molar-refractivity contribution in [3.05, 3.63) is 52.3 Å². The maximum atomic E-state index is 13.1. The molecule has 31 heavy (non-hydrogen) atoms. The Morgan fingerprint density at radius 1 is 1.06 bits per heavy atom. The molecule has 12 heteroatoms. The number of carbonyl (C=O) groups excluding carboxylic acids is 2. The van der Waals surface area contributed by atoms with Crippen molar-refractivity contribution in [1.82, 2.24) is 13.8 Å². The van der Waals surface area contributed by atoms with Gasteiger partial charge in [-0.3, -0.25) is 9.59 Å². The number of carbonyl (C=O) groups is 2. The molecule has 0 unspecified atom stereocenters. The van der Waals surface area contributed by atoms with Crippen LogP contribution < -0.4 is 0 Å². The van der Waals surface area contributed by atoms with Crippen LogP contribution in [-0.4, -0.2) is 60.1 Å². The predicted octanol–water partition coefficient (Wildman–Crippen LogP) is 3.05. The summed E-state index contributed by atoms with van der Waals surface area (Å²) in [6.07, 6.45) is -3.25. The second-order valence-corrected chi connectivity index (χ2v) is 9.46. The van der Waals surface area contributed by atoms with Gasteiger partial charge in [-0.2, -0.15) is 17.5 Å². The maximum Gasteiger partial charge on any atom is 0.417 e. The first kappa shape index (κ1) is 23.3. The molecule has 0 saturated carbocycles. The SMILES string of the molecule is CC(=O)c1cc(C(=O)N2CCN(S(=O)(=O)c3ccc(Cl)c(C(F)(F)F)c3)CC2)n(C)c1. The van der Waals surface area contributed by atoms with Crippen molar-refractivity contribution in [2.24, 2.45) is 7.05 Å². The Morgan fingerprint density at radius 2 is 1.68 bits per heavy atom. The average molecular weight is 478 g/mol. The summed E-state index contributed by atoms with van der Waals surface area (Å²) < 4.78 is 67.5. The fraction of sp³-hybridized carbons (Fsp3) is 0.368. The van der Waals surface area contributed by atoms with Gasteiger partial charge in [0.05, 0.1) is 15.5 Å². The molecular weight excluding hydrogens is 459 g/mol. The summed E-state index contributed by atoms with van der Waals surface area (Å²) in [7, 11) is -2.58. The zero-order valence-corrected chi connectivity index (χ0v) is 18.2. The topological polar surface area (TPSA) is 79.7 Å². The summed E-state index contributed by atoms with van der Waals surface area (Å²) in [5.74, 6) is -0.551. The molecule has 0 N–H and O–H groups in total. The van der Waals surface area contributed by atoms with E-state index in [9.17, 15) is 31.2 Å². The van der Waals surface area contributed by atoms with Gasteiger partial charge in [0.1, 0.15) is 5.69 Å². The number of ketones is 1. The number of sulfonamides is 1. The summed E-state index contributed by atoms with van der Waals surface area (Å²) in [6.45, 7) is 1.33. The monoisotopic (exact) mass is 477 g/mol. The maximum absolute atomic E-state index is 13.1. The number of halogens is 4. The molecule has 1 aliphatic heterocycles. The third-order valence-electron chi connectivity index (χ3n) is 5.04. The van der Waals surface area contributed by atoms with E-state index in [1.165, 1.54) is 28.7 Å². The van der Waals surface area contributed by atoms with E-state index in [4.69, 9.17) is 11.6 Å². The Labute approximate surface area is 182 Å². The minimum atomic E-state index is -4.79. The highest BCUT2D eigenvalue weighted by molar-refractivity contribution is 7.89. The van der Waals surface area contributed by atoms with Crippen molar-refractivity contribution in [3.8, 4) is 0 Å². The standard InChI is InChI=1S/C19H19ClF3N3O4S/c1-12(27)13-9-17(24(2)11-13)18(28)25-5-7-26(8-6-25)31(29,30)14-3-4-16(20)15(10-14)19(21,22)23/h3-4,9-11H,5-8H2,1-2H3. The lowest BCUT2D eigenvalue weighted by Gasteiger charge is -2.34. The lowest BCUT2D eigenvalue weighted by Crippen LogP contribution is -2.50. The van der Waals surface area contributed by atoms with E-state index >= 15 is 0 Å². The molecule has 1 aromatic carbocycles. The number of rotatable bonds is 4. The number of nitrogens with zero attached hydrogens (tertiary/aromatic N) is 3. The molecule has 0 bridgehead atoms. The Bertz CT molecular complexity index is 1140. The van der Waals surface area contributed by atoms with Gasteiger partial charge < -0.3 is 9.47 Å². The first-order chi connectivity index (χ1) is 14.3. The van der Waals surface area contributed by atoms with Crippen LogP contribution in [-0.2, 0) is 23.2 Å². The number of aromatic nitrogens is 1. The van der Waals surface area contributed by atoms with Crippen LogP contribution in [0.1, 0.15) is 33.3 Å². The molecule has 2 aromatic rings. The number of alkyl halides is 3. The molecule has 168 valence electrons. The minimum absolute atomic E-state index is 0.0539. The molecule has 1 amide bonds. The Hall–Kier alpha value is -2.37. The lowest BCUT2D eigenvalue weighted by atomic mass is 10.2. The number of Topliss-reactive ketones (excluding diaryl/α,β-unsaturated/α-hetero) is 1. The normalized spacial score (nSPS) is 15.9. The number of hydrogen-bond acceptors (Lipinski definition) is 4. The van der Waals surface area contributed by atoms with E-state index < -0.39 is 31.7 Å². The predicted molar refractivity (Wildman–Crippen MR) is 107 cm³/mol. The van der Waals surface area contributed by atoms with Crippen LogP contribution in [0.15, 0.2) is 35.4 Å². The van der Waals surface area contributed by atoms with E-state index in [0.29, 0.717) is 11.6 Å². The second kappa shape index (κ2) is 8.29. The highest BCUT2D eigenvalue weighted by Crippen LogP contribution is 2.36. The first-order valence-corrected chi connectivity index (χ1v) is 11.0.